The third kappa shape index (κ3) is 4.82. The van der Waals surface area contributed by atoms with E-state index in [2.05, 4.69) is 22.4 Å². The number of ether oxygens (including phenoxy) is 1. The summed E-state index contributed by atoms with van der Waals surface area (Å²) in [4.78, 5) is 14.2. The molecule has 0 atom stereocenters. The maximum absolute atomic E-state index is 12.9. The second kappa shape index (κ2) is 9.05. The van der Waals surface area contributed by atoms with E-state index in [-0.39, 0.29) is 18.4 Å². The molecule has 0 fully saturated rings. The van der Waals surface area contributed by atoms with E-state index in [4.69, 9.17) is 10.1 Å². The predicted molar refractivity (Wildman–Crippen MR) is 114 cm³/mol. The van der Waals surface area contributed by atoms with Gasteiger partial charge >= 0.3 is 6.03 Å². The molecule has 0 aliphatic heterocycles. The fourth-order valence-electron chi connectivity index (χ4n) is 3.13. The zero-order valence-electron chi connectivity index (χ0n) is 16.8. The molecule has 3 rings (SSSR count). The maximum Gasteiger partial charge on any atom is 0.327 e. The van der Waals surface area contributed by atoms with Gasteiger partial charge in [-0.2, -0.15) is 5.10 Å². The fourth-order valence-corrected chi connectivity index (χ4v) is 3.13. The van der Waals surface area contributed by atoms with E-state index in [9.17, 15) is 4.79 Å². The number of urea groups is 1. The minimum atomic E-state index is -0.349. The van der Waals surface area contributed by atoms with Gasteiger partial charge in [-0.25, -0.2) is 4.79 Å². The number of hydrogen-bond donors (Lipinski definition) is 3. The number of carbonyl (C=O) groups excluding carboxylic acids is 1. The Labute approximate surface area is 170 Å². The summed E-state index contributed by atoms with van der Waals surface area (Å²) in [5, 5.41) is 17.8. The quantitative estimate of drug-likeness (QED) is 0.421. The number of amides is 2. The Morgan fingerprint density at radius 1 is 1.28 bits per heavy atom. The molecule has 3 aromatic rings. The molecule has 7 heteroatoms. The van der Waals surface area contributed by atoms with Gasteiger partial charge in [-0.15, -0.1) is 0 Å². The number of anilines is 1. The molecule has 2 aromatic carbocycles. The maximum atomic E-state index is 12.9. The van der Waals surface area contributed by atoms with Crippen LogP contribution in [0.3, 0.4) is 0 Å². The number of H-pyrrole nitrogens is 1. The second-order valence-electron chi connectivity index (χ2n) is 6.67. The third-order valence-electron chi connectivity index (χ3n) is 4.67. The lowest BCUT2D eigenvalue weighted by Crippen LogP contribution is -2.37. The Kier molecular flexibility index (Phi) is 6.29. The van der Waals surface area contributed by atoms with Crippen LogP contribution in [-0.4, -0.2) is 34.1 Å². The summed E-state index contributed by atoms with van der Waals surface area (Å²) in [5.74, 6) is 0.879. The summed E-state index contributed by atoms with van der Waals surface area (Å²) in [5.41, 5.74) is 4.77. The number of aromatic nitrogens is 2. The van der Waals surface area contributed by atoms with Crippen LogP contribution in [0.4, 0.5) is 10.5 Å². The number of rotatable bonds is 6. The highest BCUT2D eigenvalue weighted by Gasteiger charge is 2.17. The van der Waals surface area contributed by atoms with Crippen LogP contribution in [0.25, 0.3) is 11.1 Å². The standard InChI is InChI=1S/C22H25N5O2/c1-4-17-11-19(8-9-21(17)18-12-24-25-13-18)26-22(28)27(15(2)23)14-16-6-5-7-20(10-16)29-3/h5-13,23H,4,14H2,1-3H3,(H,24,25)(H,26,28). The SMILES string of the molecule is CCc1cc(NC(=O)N(Cc2cccc(OC)c2)C(C)=N)ccc1-c1cn[nH]c1. The number of aryl methyl sites for hydroxylation is 1. The first-order valence-electron chi connectivity index (χ1n) is 9.40. The number of hydrogen-bond acceptors (Lipinski definition) is 4. The van der Waals surface area contributed by atoms with Crippen molar-refractivity contribution in [2.75, 3.05) is 12.4 Å². The Bertz CT molecular complexity index is 998. The van der Waals surface area contributed by atoms with Crippen molar-refractivity contribution in [1.82, 2.24) is 15.1 Å². The molecular weight excluding hydrogens is 366 g/mol. The molecule has 0 bridgehead atoms. The third-order valence-corrected chi connectivity index (χ3v) is 4.67. The monoisotopic (exact) mass is 391 g/mol. The largest absolute Gasteiger partial charge is 0.497 e. The fraction of sp³-hybridized carbons (Fsp3) is 0.227. The van der Waals surface area contributed by atoms with Crippen LogP contribution < -0.4 is 10.1 Å². The second-order valence-corrected chi connectivity index (χ2v) is 6.67. The summed E-state index contributed by atoms with van der Waals surface area (Å²) in [6, 6.07) is 12.9. The topological polar surface area (TPSA) is 94.1 Å². The lowest BCUT2D eigenvalue weighted by molar-refractivity contribution is 0.232. The minimum Gasteiger partial charge on any atom is -0.497 e. The highest BCUT2D eigenvalue weighted by atomic mass is 16.5. The van der Waals surface area contributed by atoms with Crippen molar-refractivity contribution >= 4 is 17.6 Å². The van der Waals surface area contributed by atoms with Crippen LogP contribution >= 0.6 is 0 Å². The summed E-state index contributed by atoms with van der Waals surface area (Å²) >= 11 is 0. The molecule has 3 N–H and O–H groups in total. The van der Waals surface area contributed by atoms with E-state index in [0.717, 1.165) is 28.7 Å². The number of benzene rings is 2. The molecule has 0 spiro atoms. The summed E-state index contributed by atoms with van der Waals surface area (Å²) in [6.45, 7) is 3.95. The number of nitrogens with one attached hydrogen (secondary N) is 3. The average Bonchev–Trinajstić information content (AvgIpc) is 3.26. The molecule has 0 unspecified atom stereocenters. The van der Waals surface area contributed by atoms with Crippen molar-refractivity contribution in [3.63, 3.8) is 0 Å². The smallest absolute Gasteiger partial charge is 0.327 e. The molecule has 0 aliphatic carbocycles. The molecular formula is C22H25N5O2. The molecule has 0 saturated carbocycles. The van der Waals surface area contributed by atoms with E-state index in [0.29, 0.717) is 11.4 Å². The van der Waals surface area contributed by atoms with Gasteiger partial charge < -0.3 is 10.1 Å². The van der Waals surface area contributed by atoms with Crippen molar-refractivity contribution in [2.24, 2.45) is 0 Å². The van der Waals surface area contributed by atoms with Crippen molar-refractivity contribution in [3.05, 3.63) is 66.0 Å². The van der Waals surface area contributed by atoms with E-state index >= 15 is 0 Å². The number of nitrogens with zero attached hydrogens (tertiary/aromatic N) is 2. The zero-order valence-corrected chi connectivity index (χ0v) is 16.8. The Balaban J connectivity index is 1.78. The zero-order chi connectivity index (χ0) is 20.8. The molecule has 0 aliphatic rings. The van der Waals surface area contributed by atoms with E-state index in [1.807, 2.05) is 48.7 Å². The van der Waals surface area contributed by atoms with Gasteiger partial charge in [0.15, 0.2) is 0 Å². The van der Waals surface area contributed by atoms with Crippen molar-refractivity contribution < 1.29 is 9.53 Å². The van der Waals surface area contributed by atoms with Gasteiger partial charge in [0.05, 0.1) is 19.9 Å². The van der Waals surface area contributed by atoms with Crippen LogP contribution in [0.15, 0.2) is 54.9 Å². The Hall–Kier alpha value is -3.61. The number of carbonyl (C=O) groups is 1. The summed E-state index contributed by atoms with van der Waals surface area (Å²) < 4.78 is 5.24. The minimum absolute atomic E-state index is 0.163. The molecule has 0 radical (unpaired) electrons. The Morgan fingerprint density at radius 3 is 2.76 bits per heavy atom. The molecule has 29 heavy (non-hydrogen) atoms. The predicted octanol–water partition coefficient (Wildman–Crippen LogP) is 4.68. The molecule has 1 heterocycles. The van der Waals surface area contributed by atoms with Gasteiger partial charge in [0.1, 0.15) is 11.6 Å². The molecule has 7 nitrogen and oxygen atoms in total. The van der Waals surface area contributed by atoms with Crippen molar-refractivity contribution in [2.45, 2.75) is 26.8 Å². The highest BCUT2D eigenvalue weighted by molar-refractivity contribution is 6.01. The molecule has 150 valence electrons. The van der Waals surface area contributed by atoms with Crippen LogP contribution in [-0.2, 0) is 13.0 Å². The lowest BCUT2D eigenvalue weighted by atomic mass is 10.00. The van der Waals surface area contributed by atoms with Crippen LogP contribution in [0.5, 0.6) is 5.75 Å². The summed E-state index contributed by atoms with van der Waals surface area (Å²) in [6.07, 6.45) is 4.45. The van der Waals surface area contributed by atoms with Crippen LogP contribution in [0.1, 0.15) is 25.0 Å². The normalized spacial score (nSPS) is 10.4. The van der Waals surface area contributed by atoms with Gasteiger partial charge in [0.2, 0.25) is 0 Å². The van der Waals surface area contributed by atoms with Crippen LogP contribution in [0, 0.1) is 5.41 Å². The number of amidine groups is 1. The van der Waals surface area contributed by atoms with E-state index in [1.54, 1.807) is 20.2 Å². The number of aromatic amines is 1. The van der Waals surface area contributed by atoms with Gasteiger partial charge in [0, 0.05) is 17.4 Å². The first-order chi connectivity index (χ1) is 14.0. The first-order valence-corrected chi connectivity index (χ1v) is 9.40. The average molecular weight is 391 g/mol. The molecule has 0 saturated heterocycles. The molecule has 1 aromatic heterocycles. The van der Waals surface area contributed by atoms with Crippen molar-refractivity contribution in [3.8, 4) is 16.9 Å². The van der Waals surface area contributed by atoms with Gasteiger partial charge in [-0.05, 0) is 54.3 Å². The van der Waals surface area contributed by atoms with Gasteiger partial charge in [0.25, 0.3) is 0 Å². The Morgan fingerprint density at radius 2 is 2.10 bits per heavy atom. The highest BCUT2D eigenvalue weighted by Crippen LogP contribution is 2.26. The van der Waals surface area contributed by atoms with Gasteiger partial charge in [-0.1, -0.05) is 25.1 Å². The number of methoxy groups -OCH3 is 1. The van der Waals surface area contributed by atoms with Crippen molar-refractivity contribution in [1.29, 1.82) is 5.41 Å². The van der Waals surface area contributed by atoms with Gasteiger partial charge in [-0.3, -0.25) is 15.4 Å². The van der Waals surface area contributed by atoms with E-state index in [1.165, 1.54) is 4.90 Å². The van der Waals surface area contributed by atoms with Crippen LogP contribution in [0.2, 0.25) is 0 Å². The molecule has 2 amide bonds. The lowest BCUT2D eigenvalue weighted by Gasteiger charge is -2.22. The van der Waals surface area contributed by atoms with E-state index < -0.39 is 0 Å². The summed E-state index contributed by atoms with van der Waals surface area (Å²) in [7, 11) is 1.60. The first kappa shape index (κ1) is 20.1.